The number of aryl methyl sites for hydroxylation is 6. The Hall–Kier alpha value is -5.74. The highest BCUT2D eigenvalue weighted by atomic mass is 16.2. The van der Waals surface area contributed by atoms with Crippen LogP contribution < -0.4 is 9.80 Å². The van der Waals surface area contributed by atoms with E-state index in [2.05, 4.69) is 112 Å². The zero-order valence-corrected chi connectivity index (χ0v) is 28.1. The quantitative estimate of drug-likeness (QED) is 0.145. The van der Waals surface area contributed by atoms with Gasteiger partial charge in [-0.1, -0.05) is 83.9 Å². The standard InChI is InChI=1S/C44H36N2O2/c1-25-17-27(3)41(28(4)18-25)45-38-23-33-13-9-10-14-34(33)24-39(38)46(42-29(5)19-26(2)20-30(42)6)40(45)16-15-35-43(47)36-21-31-11-7-8-12-32(31)22-37(36)44(35)48/h7-24H,1-6H3. The van der Waals surface area contributed by atoms with Crippen molar-refractivity contribution in [3.05, 3.63) is 165 Å². The van der Waals surface area contributed by atoms with Crippen molar-refractivity contribution in [2.75, 3.05) is 9.80 Å². The Morgan fingerprint density at radius 2 is 0.812 bits per heavy atom. The molecule has 6 aromatic carbocycles. The van der Waals surface area contributed by atoms with Gasteiger partial charge in [-0.15, -0.1) is 0 Å². The molecule has 0 radical (unpaired) electrons. The highest BCUT2D eigenvalue weighted by Gasteiger charge is 2.38. The van der Waals surface area contributed by atoms with E-state index in [1.54, 1.807) is 6.08 Å². The number of carbonyl (C=O) groups is 2. The molecule has 0 saturated heterocycles. The maximum atomic E-state index is 13.9. The summed E-state index contributed by atoms with van der Waals surface area (Å²) in [5.74, 6) is 0.393. The van der Waals surface area contributed by atoms with Crippen LogP contribution in [0, 0.1) is 41.5 Å². The number of Topliss-reactive ketones (excluding diaryl/α,β-unsaturated/α-hetero) is 2. The van der Waals surface area contributed by atoms with Crippen LogP contribution in [0.15, 0.2) is 121 Å². The van der Waals surface area contributed by atoms with Crippen molar-refractivity contribution in [3.63, 3.8) is 0 Å². The summed E-state index contributed by atoms with van der Waals surface area (Å²) in [4.78, 5) is 32.4. The van der Waals surface area contributed by atoms with Gasteiger partial charge in [0.15, 0.2) is 11.6 Å². The van der Waals surface area contributed by atoms with Crippen molar-refractivity contribution in [1.82, 2.24) is 0 Å². The number of ketones is 2. The molecule has 0 N–H and O–H groups in total. The molecule has 1 aliphatic heterocycles. The van der Waals surface area contributed by atoms with Crippen LogP contribution in [-0.2, 0) is 0 Å². The third kappa shape index (κ3) is 4.51. The van der Waals surface area contributed by atoms with E-state index in [1.165, 1.54) is 11.1 Å². The van der Waals surface area contributed by atoms with Crippen LogP contribution in [0.5, 0.6) is 0 Å². The second-order valence-electron chi connectivity index (χ2n) is 13.4. The van der Waals surface area contributed by atoms with E-state index in [4.69, 9.17) is 0 Å². The molecule has 234 valence electrons. The number of fused-ring (bicyclic) bond motifs is 4. The maximum absolute atomic E-state index is 13.9. The topological polar surface area (TPSA) is 40.6 Å². The van der Waals surface area contributed by atoms with Gasteiger partial charge in [-0.3, -0.25) is 19.4 Å². The molecule has 0 spiro atoms. The van der Waals surface area contributed by atoms with Gasteiger partial charge < -0.3 is 0 Å². The molecule has 0 saturated carbocycles. The van der Waals surface area contributed by atoms with E-state index in [9.17, 15) is 9.59 Å². The molecule has 8 rings (SSSR count). The van der Waals surface area contributed by atoms with Gasteiger partial charge in [0.2, 0.25) is 0 Å². The monoisotopic (exact) mass is 624 g/mol. The lowest BCUT2D eigenvalue weighted by Crippen LogP contribution is -2.24. The maximum Gasteiger partial charge on any atom is 0.197 e. The zero-order chi connectivity index (χ0) is 33.4. The first-order valence-electron chi connectivity index (χ1n) is 16.4. The van der Waals surface area contributed by atoms with Gasteiger partial charge in [0, 0.05) is 11.1 Å². The van der Waals surface area contributed by atoms with Crippen LogP contribution >= 0.6 is 0 Å². The molecular weight excluding hydrogens is 588 g/mol. The van der Waals surface area contributed by atoms with E-state index in [0.29, 0.717) is 11.1 Å². The van der Waals surface area contributed by atoms with E-state index in [0.717, 1.165) is 72.4 Å². The average Bonchev–Trinajstić information content (AvgIpc) is 3.46. The Morgan fingerprint density at radius 3 is 1.19 bits per heavy atom. The molecule has 0 amide bonds. The van der Waals surface area contributed by atoms with Crippen LogP contribution in [0.3, 0.4) is 0 Å². The molecule has 0 fully saturated rings. The first kappa shape index (κ1) is 29.6. The summed E-state index contributed by atoms with van der Waals surface area (Å²) < 4.78 is 0. The van der Waals surface area contributed by atoms with Crippen molar-refractivity contribution >= 4 is 55.9 Å². The van der Waals surface area contributed by atoms with Crippen molar-refractivity contribution in [3.8, 4) is 0 Å². The van der Waals surface area contributed by atoms with Gasteiger partial charge in [-0.2, -0.15) is 0 Å². The fourth-order valence-corrected chi connectivity index (χ4v) is 7.91. The van der Waals surface area contributed by atoms with Crippen LogP contribution in [0.25, 0.3) is 21.5 Å². The lowest BCUT2D eigenvalue weighted by atomic mass is 10.0. The summed E-state index contributed by atoms with van der Waals surface area (Å²) in [6.45, 7) is 12.9. The zero-order valence-electron chi connectivity index (χ0n) is 28.1. The Labute approximate surface area is 281 Å². The van der Waals surface area contributed by atoms with Crippen molar-refractivity contribution in [2.45, 2.75) is 41.5 Å². The van der Waals surface area contributed by atoms with Gasteiger partial charge in [0.1, 0.15) is 5.82 Å². The Kier molecular flexibility index (Phi) is 6.74. The van der Waals surface area contributed by atoms with Crippen molar-refractivity contribution in [1.29, 1.82) is 0 Å². The molecule has 1 heterocycles. The number of nitrogens with zero attached hydrogens (tertiary/aromatic N) is 2. The van der Waals surface area contributed by atoms with Crippen LogP contribution in [0.2, 0.25) is 0 Å². The normalized spacial score (nSPS) is 14.0. The molecule has 6 aromatic rings. The minimum Gasteiger partial charge on any atom is -0.293 e. The fraction of sp³-hybridized carbons (Fsp3) is 0.136. The highest BCUT2D eigenvalue weighted by molar-refractivity contribution is 6.40. The predicted octanol–water partition coefficient (Wildman–Crippen LogP) is 11.0. The molecule has 0 aromatic heterocycles. The minimum absolute atomic E-state index is 0.184. The van der Waals surface area contributed by atoms with E-state index >= 15 is 0 Å². The highest BCUT2D eigenvalue weighted by Crippen LogP contribution is 2.54. The lowest BCUT2D eigenvalue weighted by molar-refractivity contribution is 0.0988. The predicted molar refractivity (Wildman–Crippen MR) is 198 cm³/mol. The Morgan fingerprint density at radius 1 is 0.458 bits per heavy atom. The van der Waals surface area contributed by atoms with E-state index in [1.807, 2.05) is 42.5 Å². The number of allylic oxidation sites excluding steroid dienone is 3. The van der Waals surface area contributed by atoms with Gasteiger partial charge >= 0.3 is 0 Å². The SMILES string of the molecule is Cc1cc(C)c(N2C(=CC=C3C(=O)c4cc5ccccc5cc4C3=O)N(c3c(C)cc(C)cc3C)c3cc4ccccc4cc32)c(C)c1. The number of hydrogen-bond donors (Lipinski definition) is 0. The summed E-state index contributed by atoms with van der Waals surface area (Å²) in [6, 6.07) is 33.4. The first-order valence-corrected chi connectivity index (χ1v) is 16.4. The second-order valence-corrected chi connectivity index (χ2v) is 13.4. The first-order chi connectivity index (χ1) is 23.1. The van der Waals surface area contributed by atoms with E-state index < -0.39 is 0 Å². The summed E-state index contributed by atoms with van der Waals surface area (Å²) in [6.07, 6.45) is 3.72. The molecule has 1 aliphatic carbocycles. The van der Waals surface area contributed by atoms with Crippen LogP contribution in [0.1, 0.15) is 54.1 Å². The number of benzene rings is 6. The molecule has 4 heteroatoms. The lowest BCUT2D eigenvalue weighted by Gasteiger charge is -2.30. The minimum atomic E-state index is -0.234. The summed E-state index contributed by atoms with van der Waals surface area (Å²) >= 11 is 0. The molecular formula is C44H36N2O2. The summed E-state index contributed by atoms with van der Waals surface area (Å²) in [5, 5.41) is 4.18. The van der Waals surface area contributed by atoms with Crippen LogP contribution in [-0.4, -0.2) is 11.6 Å². The largest absolute Gasteiger partial charge is 0.293 e. The molecule has 0 bridgehead atoms. The third-order valence-corrected chi connectivity index (χ3v) is 9.76. The van der Waals surface area contributed by atoms with Crippen molar-refractivity contribution in [2.24, 2.45) is 0 Å². The molecule has 0 unspecified atom stereocenters. The van der Waals surface area contributed by atoms with Crippen LogP contribution in [0.4, 0.5) is 22.7 Å². The number of carbonyl (C=O) groups excluding carboxylic acids is 2. The number of anilines is 4. The molecule has 0 atom stereocenters. The molecule has 4 nitrogen and oxygen atoms in total. The second kappa shape index (κ2) is 10.9. The van der Waals surface area contributed by atoms with Gasteiger partial charge in [-0.25, -0.2) is 0 Å². The van der Waals surface area contributed by atoms with E-state index in [-0.39, 0.29) is 17.1 Å². The Balaban J connectivity index is 1.41. The smallest absolute Gasteiger partial charge is 0.197 e. The number of rotatable bonds is 3. The van der Waals surface area contributed by atoms with Gasteiger partial charge in [0.05, 0.1) is 28.3 Å². The van der Waals surface area contributed by atoms with Gasteiger partial charge in [0.25, 0.3) is 0 Å². The van der Waals surface area contributed by atoms with Gasteiger partial charge in [-0.05, 0) is 122 Å². The van der Waals surface area contributed by atoms with Crippen molar-refractivity contribution < 1.29 is 9.59 Å². The third-order valence-electron chi connectivity index (χ3n) is 9.76. The average molecular weight is 625 g/mol. The summed E-state index contributed by atoms with van der Waals surface area (Å²) in [7, 11) is 0. The number of hydrogen-bond acceptors (Lipinski definition) is 4. The summed E-state index contributed by atoms with van der Waals surface area (Å²) in [5.41, 5.74) is 12.4. The molecule has 2 aliphatic rings. The fourth-order valence-electron chi connectivity index (χ4n) is 7.91. The Bertz CT molecular complexity index is 2250. The molecule has 48 heavy (non-hydrogen) atoms.